The maximum absolute atomic E-state index is 14.3. The Labute approximate surface area is 176 Å². The van der Waals surface area contributed by atoms with Crippen LogP contribution in [0.2, 0.25) is 0 Å². The maximum atomic E-state index is 14.3. The number of halogens is 1. The summed E-state index contributed by atoms with van der Waals surface area (Å²) in [6.45, 7) is 0.679. The molecule has 154 valence electrons. The number of methoxy groups -OCH3 is 1. The summed E-state index contributed by atoms with van der Waals surface area (Å²) in [6.07, 6.45) is 0. The fourth-order valence-electron chi connectivity index (χ4n) is 3.58. The second kappa shape index (κ2) is 7.73. The van der Waals surface area contributed by atoms with Gasteiger partial charge in [0.25, 0.3) is 0 Å². The predicted octanol–water partition coefficient (Wildman–Crippen LogP) is 3.67. The molecule has 3 aromatic heterocycles. The van der Waals surface area contributed by atoms with Gasteiger partial charge in [-0.25, -0.2) is 14.1 Å². The maximum Gasteiger partial charge on any atom is 0.248 e. The molecule has 0 amide bonds. The number of benzene rings is 2. The van der Waals surface area contributed by atoms with Gasteiger partial charge in [-0.1, -0.05) is 23.4 Å². The van der Waals surface area contributed by atoms with Crippen molar-refractivity contribution in [2.75, 3.05) is 7.11 Å². The Morgan fingerprint density at radius 3 is 2.81 bits per heavy atom. The molecule has 8 heteroatoms. The summed E-state index contributed by atoms with van der Waals surface area (Å²) in [4.78, 5) is 19.0. The average Bonchev–Trinajstić information content (AvgIpc) is 3.17. The van der Waals surface area contributed by atoms with Gasteiger partial charge in [-0.3, -0.25) is 4.79 Å². The van der Waals surface area contributed by atoms with E-state index in [1.165, 1.54) is 19.2 Å². The fourth-order valence-corrected chi connectivity index (χ4v) is 3.58. The molecule has 0 spiro atoms. The van der Waals surface area contributed by atoms with E-state index in [1.807, 2.05) is 30.3 Å². The summed E-state index contributed by atoms with van der Waals surface area (Å²) >= 11 is 0. The molecular formula is C23H18FN5O2. The van der Waals surface area contributed by atoms with Crippen molar-refractivity contribution in [3.05, 3.63) is 88.0 Å². The van der Waals surface area contributed by atoms with Crippen molar-refractivity contribution in [3.63, 3.8) is 0 Å². The molecule has 0 aliphatic carbocycles. The molecule has 31 heavy (non-hydrogen) atoms. The van der Waals surface area contributed by atoms with Crippen molar-refractivity contribution >= 4 is 22.1 Å². The highest BCUT2D eigenvalue weighted by atomic mass is 19.1. The van der Waals surface area contributed by atoms with Crippen LogP contribution in [0.5, 0.6) is 0 Å². The average molecular weight is 415 g/mol. The van der Waals surface area contributed by atoms with E-state index in [4.69, 9.17) is 4.74 Å². The molecule has 2 aromatic carbocycles. The zero-order valence-electron chi connectivity index (χ0n) is 16.7. The number of rotatable bonds is 5. The largest absolute Gasteiger partial charge is 0.380 e. The highest BCUT2D eigenvalue weighted by Crippen LogP contribution is 2.23. The van der Waals surface area contributed by atoms with Crippen LogP contribution in [0, 0.1) is 5.82 Å². The normalized spacial score (nSPS) is 11.4. The lowest BCUT2D eigenvalue weighted by Gasteiger charge is -2.07. The van der Waals surface area contributed by atoms with Gasteiger partial charge in [-0.15, -0.1) is 5.10 Å². The molecule has 5 aromatic rings. The molecule has 7 nitrogen and oxygen atoms in total. The van der Waals surface area contributed by atoms with Gasteiger partial charge in [-0.2, -0.15) is 0 Å². The molecule has 1 N–H and O–H groups in total. The first-order chi connectivity index (χ1) is 15.1. The van der Waals surface area contributed by atoms with Crippen molar-refractivity contribution in [2.24, 2.45) is 0 Å². The van der Waals surface area contributed by atoms with Crippen LogP contribution >= 0.6 is 0 Å². The lowest BCUT2D eigenvalue weighted by molar-refractivity contribution is 0.181. The number of H-pyrrole nitrogens is 1. The van der Waals surface area contributed by atoms with Crippen LogP contribution in [0.4, 0.5) is 4.39 Å². The van der Waals surface area contributed by atoms with Gasteiger partial charge < -0.3 is 9.72 Å². The molecule has 0 aliphatic rings. The summed E-state index contributed by atoms with van der Waals surface area (Å²) < 4.78 is 21.1. The van der Waals surface area contributed by atoms with Gasteiger partial charge in [-0.05, 0) is 47.3 Å². The Morgan fingerprint density at radius 2 is 1.97 bits per heavy atom. The summed E-state index contributed by atoms with van der Waals surface area (Å²) in [5, 5.41) is 9.36. The quantitative estimate of drug-likeness (QED) is 0.473. The Hall–Kier alpha value is -3.91. The zero-order valence-corrected chi connectivity index (χ0v) is 16.7. The number of aromatic amines is 1. The van der Waals surface area contributed by atoms with E-state index in [0.29, 0.717) is 34.5 Å². The van der Waals surface area contributed by atoms with Gasteiger partial charge in [0.1, 0.15) is 11.3 Å². The highest BCUT2D eigenvalue weighted by molar-refractivity contribution is 5.79. The van der Waals surface area contributed by atoms with Crippen molar-refractivity contribution in [2.45, 2.75) is 13.2 Å². The van der Waals surface area contributed by atoms with E-state index in [2.05, 4.69) is 20.3 Å². The number of fused-ring (bicyclic) bond motifs is 2. The standard InChI is InChI=1S/C23H18FN5O2/c1-31-13-17-4-3-16(11-18(17)24)20-7-8-21-23(26-20)29(28-27-21)12-14-2-6-19-15(10-14)5-9-22(30)25-19/h2-11H,12-13H2,1H3,(H,25,30). The van der Waals surface area contributed by atoms with Crippen molar-refractivity contribution < 1.29 is 9.13 Å². The highest BCUT2D eigenvalue weighted by Gasteiger charge is 2.11. The number of pyridine rings is 2. The van der Waals surface area contributed by atoms with Gasteiger partial charge in [0.15, 0.2) is 5.65 Å². The van der Waals surface area contributed by atoms with Crippen molar-refractivity contribution in [3.8, 4) is 11.3 Å². The van der Waals surface area contributed by atoms with E-state index in [9.17, 15) is 9.18 Å². The van der Waals surface area contributed by atoms with Crippen molar-refractivity contribution in [1.29, 1.82) is 0 Å². The molecule has 0 aliphatic heterocycles. The Balaban J connectivity index is 1.50. The third-order valence-electron chi connectivity index (χ3n) is 5.13. The summed E-state index contributed by atoms with van der Waals surface area (Å²) in [7, 11) is 1.53. The first-order valence-corrected chi connectivity index (χ1v) is 9.71. The number of nitrogens with zero attached hydrogens (tertiary/aromatic N) is 4. The van der Waals surface area contributed by atoms with Gasteiger partial charge in [0, 0.05) is 29.8 Å². The van der Waals surface area contributed by atoms with E-state index in [0.717, 1.165) is 16.5 Å². The van der Waals surface area contributed by atoms with Crippen LogP contribution in [-0.2, 0) is 17.9 Å². The van der Waals surface area contributed by atoms with Gasteiger partial charge in [0.2, 0.25) is 5.56 Å². The molecule has 0 bridgehead atoms. The third kappa shape index (κ3) is 3.69. The van der Waals surface area contributed by atoms with E-state index in [-0.39, 0.29) is 18.0 Å². The van der Waals surface area contributed by atoms with Crippen molar-refractivity contribution in [1.82, 2.24) is 25.0 Å². The topological polar surface area (TPSA) is 85.7 Å². The molecular weight excluding hydrogens is 397 g/mol. The molecule has 0 saturated carbocycles. The Morgan fingerprint density at radius 1 is 1.06 bits per heavy atom. The Bertz CT molecular complexity index is 1470. The predicted molar refractivity (Wildman–Crippen MR) is 115 cm³/mol. The third-order valence-corrected chi connectivity index (χ3v) is 5.13. The fraction of sp³-hybridized carbons (Fsp3) is 0.130. The minimum atomic E-state index is -0.331. The van der Waals surface area contributed by atoms with Crippen LogP contribution in [0.1, 0.15) is 11.1 Å². The summed E-state index contributed by atoms with van der Waals surface area (Å²) in [5.74, 6) is -0.331. The lowest BCUT2D eigenvalue weighted by atomic mass is 10.1. The summed E-state index contributed by atoms with van der Waals surface area (Å²) in [6, 6.07) is 17.7. The van der Waals surface area contributed by atoms with Crippen LogP contribution < -0.4 is 5.56 Å². The lowest BCUT2D eigenvalue weighted by Crippen LogP contribution is -2.05. The van der Waals surface area contributed by atoms with Crippen LogP contribution in [0.25, 0.3) is 33.3 Å². The monoisotopic (exact) mass is 415 g/mol. The van der Waals surface area contributed by atoms with Crippen LogP contribution in [0.3, 0.4) is 0 Å². The molecule has 3 heterocycles. The first kappa shape index (κ1) is 19.1. The van der Waals surface area contributed by atoms with Gasteiger partial charge >= 0.3 is 0 Å². The smallest absolute Gasteiger partial charge is 0.248 e. The van der Waals surface area contributed by atoms with E-state index in [1.54, 1.807) is 22.9 Å². The molecule has 0 fully saturated rings. The second-order valence-corrected chi connectivity index (χ2v) is 7.27. The Kier molecular flexibility index (Phi) is 4.76. The van der Waals surface area contributed by atoms with E-state index >= 15 is 0 Å². The SMILES string of the molecule is COCc1ccc(-c2ccc3nnn(Cc4ccc5[nH]c(=O)ccc5c4)c3n2)cc1F. The number of ether oxygens (including phenoxy) is 1. The molecule has 0 atom stereocenters. The number of hydrogen-bond donors (Lipinski definition) is 1. The first-order valence-electron chi connectivity index (χ1n) is 9.71. The molecule has 0 radical (unpaired) electrons. The second-order valence-electron chi connectivity index (χ2n) is 7.27. The van der Waals surface area contributed by atoms with Gasteiger partial charge in [0.05, 0.1) is 18.8 Å². The van der Waals surface area contributed by atoms with Crippen LogP contribution in [0.15, 0.2) is 65.5 Å². The summed E-state index contributed by atoms with van der Waals surface area (Å²) in [5.41, 5.74) is 4.71. The van der Waals surface area contributed by atoms with Crippen LogP contribution in [-0.4, -0.2) is 32.1 Å². The minimum absolute atomic E-state index is 0.133. The number of nitrogens with one attached hydrogen (secondary N) is 1. The molecule has 0 unspecified atom stereocenters. The number of hydrogen-bond acceptors (Lipinski definition) is 5. The minimum Gasteiger partial charge on any atom is -0.380 e. The molecule has 5 rings (SSSR count). The zero-order chi connectivity index (χ0) is 21.4. The molecule has 0 saturated heterocycles. The van der Waals surface area contributed by atoms with E-state index < -0.39 is 0 Å². The number of aromatic nitrogens is 5.